The number of nitrogens with zero attached hydrogens (tertiary/aromatic N) is 2. The average Bonchev–Trinajstić information content (AvgIpc) is 3.21. The number of rotatable bonds is 4. The predicted molar refractivity (Wildman–Crippen MR) is 123 cm³/mol. The van der Waals surface area contributed by atoms with Crippen molar-refractivity contribution in [1.82, 2.24) is 9.97 Å². The Kier molecular flexibility index (Phi) is 3.21. The molecular weight excluding hydrogens is 368 g/mol. The van der Waals surface area contributed by atoms with Gasteiger partial charge in [-0.15, -0.1) is 0 Å². The van der Waals surface area contributed by atoms with Gasteiger partial charge in [0, 0.05) is 42.8 Å². The van der Waals surface area contributed by atoms with Crippen molar-refractivity contribution in [3.05, 3.63) is 95.3 Å². The predicted octanol–water partition coefficient (Wildman–Crippen LogP) is 7.07. The molecule has 0 bridgehead atoms. The Morgan fingerprint density at radius 3 is 2.70 bits per heavy atom. The van der Waals surface area contributed by atoms with Crippen LogP contribution in [0, 0.1) is 6.85 Å². The number of hydrogen-bond acceptors (Lipinski definition) is 3. The lowest BCUT2D eigenvalue weighted by atomic mass is 9.97. The van der Waals surface area contributed by atoms with Crippen LogP contribution < -0.4 is 0 Å². The maximum atomic E-state index is 8.64. The molecule has 0 spiro atoms. The molecule has 0 radical (unpaired) electrons. The number of aromatic nitrogens is 2. The molecule has 5 aromatic rings. The van der Waals surface area contributed by atoms with Crippen LogP contribution in [0.5, 0.6) is 0 Å². The van der Waals surface area contributed by atoms with Crippen LogP contribution >= 0.6 is 0 Å². The SMILES string of the molecule is [2H]C([2H])([2H])c1cnc(-c2cccc3c2oc2nc(C([2H])([2H])c4ccccc4)ccc23)cc1C([2H])(C)C. The molecule has 0 aliphatic rings. The molecule has 3 aromatic heterocycles. The largest absolute Gasteiger partial charge is 0.437 e. The summed E-state index contributed by atoms with van der Waals surface area (Å²) in [4.78, 5) is 8.95. The van der Waals surface area contributed by atoms with Gasteiger partial charge in [-0.25, -0.2) is 4.98 Å². The Bertz CT molecular complexity index is 1580. The van der Waals surface area contributed by atoms with Gasteiger partial charge in [0.15, 0.2) is 0 Å². The number of hydrogen-bond donors (Lipinski definition) is 0. The fraction of sp³-hybridized carbons (Fsp3) is 0.185. The zero-order valence-electron chi connectivity index (χ0n) is 22.7. The highest BCUT2D eigenvalue weighted by Crippen LogP contribution is 2.35. The van der Waals surface area contributed by atoms with Gasteiger partial charge < -0.3 is 4.42 Å². The summed E-state index contributed by atoms with van der Waals surface area (Å²) in [6, 6.07) is 19.5. The molecule has 3 nitrogen and oxygen atoms in total. The van der Waals surface area contributed by atoms with E-state index < -0.39 is 19.1 Å². The summed E-state index contributed by atoms with van der Waals surface area (Å²) in [7, 11) is 0. The lowest BCUT2D eigenvalue weighted by Crippen LogP contribution is -1.95. The van der Waals surface area contributed by atoms with Gasteiger partial charge in [0.1, 0.15) is 5.58 Å². The molecule has 148 valence electrons. The molecule has 5 rings (SSSR count). The first kappa shape index (κ1) is 13.0. The summed E-state index contributed by atoms with van der Waals surface area (Å²) < 4.78 is 55.5. The van der Waals surface area contributed by atoms with Crippen molar-refractivity contribution < 1.29 is 12.6 Å². The summed E-state index contributed by atoms with van der Waals surface area (Å²) in [5.41, 5.74) is 3.10. The highest BCUT2D eigenvalue weighted by atomic mass is 16.3. The number of furan rings is 1. The summed E-state index contributed by atoms with van der Waals surface area (Å²) in [5, 5.41) is 1.52. The van der Waals surface area contributed by atoms with Gasteiger partial charge in [-0.1, -0.05) is 56.3 Å². The molecule has 0 saturated carbocycles. The molecule has 0 saturated heterocycles. The van der Waals surface area contributed by atoms with E-state index in [1.807, 2.05) is 24.3 Å². The Morgan fingerprint density at radius 1 is 1.03 bits per heavy atom. The van der Waals surface area contributed by atoms with Crippen molar-refractivity contribution in [3.8, 4) is 11.3 Å². The van der Waals surface area contributed by atoms with Crippen molar-refractivity contribution in [2.75, 3.05) is 0 Å². The summed E-state index contributed by atoms with van der Waals surface area (Å²) in [6.07, 6.45) is -0.487. The van der Waals surface area contributed by atoms with Gasteiger partial charge in [0.05, 0.1) is 5.69 Å². The second-order valence-electron chi connectivity index (χ2n) is 7.44. The van der Waals surface area contributed by atoms with E-state index in [1.54, 1.807) is 56.3 Å². The van der Waals surface area contributed by atoms with Crippen LogP contribution in [0.25, 0.3) is 33.3 Å². The Balaban J connectivity index is 1.68. The molecule has 3 heterocycles. The molecule has 0 N–H and O–H groups in total. The average molecular weight is 399 g/mol. The normalized spacial score (nSPS) is 15.8. The fourth-order valence-electron chi connectivity index (χ4n) is 3.64. The maximum absolute atomic E-state index is 8.64. The third-order valence-electron chi connectivity index (χ3n) is 5.13. The molecule has 30 heavy (non-hydrogen) atoms. The van der Waals surface area contributed by atoms with Gasteiger partial charge in [-0.2, -0.15) is 0 Å². The minimum atomic E-state index is -2.39. The second kappa shape index (κ2) is 7.42. The van der Waals surface area contributed by atoms with E-state index in [0.717, 1.165) is 10.8 Å². The van der Waals surface area contributed by atoms with Gasteiger partial charge in [-0.3, -0.25) is 4.98 Å². The Labute approximate surface area is 184 Å². The molecule has 0 aliphatic carbocycles. The molecule has 2 aromatic carbocycles. The smallest absolute Gasteiger partial charge is 0.227 e. The van der Waals surface area contributed by atoms with E-state index in [9.17, 15) is 0 Å². The fourth-order valence-corrected chi connectivity index (χ4v) is 3.64. The molecule has 3 heteroatoms. The van der Waals surface area contributed by atoms with E-state index >= 15 is 0 Å². The van der Waals surface area contributed by atoms with Crippen LogP contribution in [0.4, 0.5) is 0 Å². The monoisotopic (exact) mass is 398 g/mol. The van der Waals surface area contributed by atoms with Crippen molar-refractivity contribution in [1.29, 1.82) is 0 Å². The summed E-state index contributed by atoms with van der Waals surface area (Å²) in [6.45, 7) is 0.910. The van der Waals surface area contributed by atoms with Crippen LogP contribution in [0.15, 0.2) is 77.3 Å². The molecule has 0 aliphatic heterocycles. The van der Waals surface area contributed by atoms with Crippen LogP contribution in [0.3, 0.4) is 0 Å². The van der Waals surface area contributed by atoms with Gasteiger partial charge in [-0.05, 0) is 53.7 Å². The number of para-hydroxylation sites is 1. The third-order valence-corrected chi connectivity index (χ3v) is 5.13. The zero-order valence-corrected chi connectivity index (χ0v) is 16.7. The van der Waals surface area contributed by atoms with Gasteiger partial charge in [0.2, 0.25) is 5.71 Å². The van der Waals surface area contributed by atoms with Crippen LogP contribution in [0.2, 0.25) is 0 Å². The quantitative estimate of drug-likeness (QED) is 0.325. The van der Waals surface area contributed by atoms with E-state index in [1.165, 1.54) is 6.20 Å². The van der Waals surface area contributed by atoms with Crippen LogP contribution in [-0.4, -0.2) is 9.97 Å². The first-order valence-corrected chi connectivity index (χ1v) is 9.77. The van der Waals surface area contributed by atoms with E-state index in [0.29, 0.717) is 33.7 Å². The van der Waals surface area contributed by atoms with Crippen molar-refractivity contribution in [2.24, 2.45) is 0 Å². The molecular formula is C27H24N2O. The van der Waals surface area contributed by atoms with Crippen molar-refractivity contribution >= 4 is 22.1 Å². The minimum Gasteiger partial charge on any atom is -0.437 e. The molecule has 0 unspecified atom stereocenters. The highest BCUT2D eigenvalue weighted by molar-refractivity contribution is 6.08. The molecule has 0 atom stereocenters. The Morgan fingerprint density at radius 2 is 1.90 bits per heavy atom. The number of aryl methyl sites for hydroxylation is 1. The number of fused-ring (bicyclic) bond motifs is 3. The van der Waals surface area contributed by atoms with Gasteiger partial charge in [0.25, 0.3) is 0 Å². The molecule has 0 fully saturated rings. The van der Waals surface area contributed by atoms with E-state index in [-0.39, 0.29) is 11.3 Å². The lowest BCUT2D eigenvalue weighted by molar-refractivity contribution is 0.652. The Hall–Kier alpha value is -3.46. The van der Waals surface area contributed by atoms with Crippen LogP contribution in [0.1, 0.15) is 50.4 Å². The second-order valence-corrected chi connectivity index (χ2v) is 7.44. The first-order chi connectivity index (χ1) is 16.9. The van der Waals surface area contributed by atoms with Crippen molar-refractivity contribution in [2.45, 2.75) is 33.0 Å². The highest BCUT2D eigenvalue weighted by Gasteiger charge is 2.15. The zero-order chi connectivity index (χ0) is 25.9. The lowest BCUT2D eigenvalue weighted by Gasteiger charge is -2.11. The van der Waals surface area contributed by atoms with Gasteiger partial charge >= 0.3 is 0 Å². The number of pyridine rings is 2. The third kappa shape index (κ3) is 3.26. The molecule has 0 amide bonds. The van der Waals surface area contributed by atoms with E-state index in [2.05, 4.69) is 9.97 Å². The first-order valence-electron chi connectivity index (χ1n) is 12.8. The topological polar surface area (TPSA) is 38.9 Å². The number of benzene rings is 2. The van der Waals surface area contributed by atoms with Crippen molar-refractivity contribution in [3.63, 3.8) is 0 Å². The summed E-state index contributed by atoms with van der Waals surface area (Å²) in [5.74, 6) is -1.15. The summed E-state index contributed by atoms with van der Waals surface area (Å²) >= 11 is 0. The minimum absolute atomic E-state index is 0.0532. The van der Waals surface area contributed by atoms with E-state index in [4.69, 9.17) is 12.6 Å². The maximum Gasteiger partial charge on any atom is 0.227 e. The standard InChI is InChI=1S/C27H24N2O/c1-17(2)24-15-25(28-16-18(24)3)23-11-7-10-21-22-13-12-20(29-27(22)30-26(21)23)14-19-8-5-4-6-9-19/h4-13,15-17H,14H2,1-3H3/i3D3,14D2,17D. The van der Waals surface area contributed by atoms with Crippen LogP contribution in [-0.2, 0) is 6.37 Å².